The van der Waals surface area contributed by atoms with E-state index in [4.69, 9.17) is 0 Å². The monoisotopic (exact) mass is 688 g/mol. The molecule has 5 rings (SSSR count). The van der Waals surface area contributed by atoms with Gasteiger partial charge in [0.05, 0.1) is 11.1 Å². The zero-order valence-corrected chi connectivity index (χ0v) is 34.1. The SMILES string of the molecule is CC(C)[Si](C#Cc1c2cc3ccccc3cc2c(C#C[Si](C(C)C)(C(C)C)C(C)C)c2cc3cc(C#N)c(C#N)cc3cc12)(C(C)C)C(C)C. The maximum Gasteiger partial charge on any atom is 0.146 e. The van der Waals surface area contributed by atoms with E-state index >= 15 is 0 Å². The van der Waals surface area contributed by atoms with E-state index in [0.29, 0.717) is 44.4 Å². The molecule has 0 atom stereocenters. The number of hydrogen-bond acceptors (Lipinski definition) is 2. The molecule has 0 heterocycles. The van der Waals surface area contributed by atoms with Gasteiger partial charge in [-0.2, -0.15) is 10.5 Å². The van der Waals surface area contributed by atoms with Crippen molar-refractivity contribution >= 4 is 59.2 Å². The van der Waals surface area contributed by atoms with Crippen molar-refractivity contribution in [2.45, 2.75) is 116 Å². The molecular formula is C46H52N2Si2. The summed E-state index contributed by atoms with van der Waals surface area (Å²) in [5.41, 5.74) is 14.0. The van der Waals surface area contributed by atoms with E-state index in [-0.39, 0.29) is 0 Å². The first-order chi connectivity index (χ1) is 23.6. The van der Waals surface area contributed by atoms with Crippen molar-refractivity contribution in [1.29, 1.82) is 10.5 Å². The van der Waals surface area contributed by atoms with Crippen molar-refractivity contribution in [1.82, 2.24) is 0 Å². The molecule has 0 aromatic heterocycles. The Morgan fingerprint density at radius 3 is 0.960 bits per heavy atom. The van der Waals surface area contributed by atoms with Crippen LogP contribution in [-0.2, 0) is 0 Å². The zero-order valence-electron chi connectivity index (χ0n) is 32.1. The van der Waals surface area contributed by atoms with Gasteiger partial charge in [-0.25, -0.2) is 0 Å². The van der Waals surface area contributed by atoms with Crippen LogP contribution in [0, 0.1) is 45.6 Å². The second-order valence-corrected chi connectivity index (χ2v) is 27.3. The lowest BCUT2D eigenvalue weighted by atomic mass is 9.88. The quantitative estimate of drug-likeness (QED) is 0.101. The molecule has 0 N–H and O–H groups in total. The van der Waals surface area contributed by atoms with Gasteiger partial charge in [0, 0.05) is 11.1 Å². The lowest BCUT2D eigenvalue weighted by molar-refractivity contribution is 0.838. The molecule has 0 radical (unpaired) electrons. The van der Waals surface area contributed by atoms with Crippen molar-refractivity contribution in [2.75, 3.05) is 0 Å². The second kappa shape index (κ2) is 14.1. The predicted molar refractivity (Wildman–Crippen MR) is 222 cm³/mol. The molecule has 50 heavy (non-hydrogen) atoms. The van der Waals surface area contributed by atoms with Crippen LogP contribution in [0.15, 0.2) is 60.7 Å². The number of rotatable bonds is 6. The van der Waals surface area contributed by atoms with Gasteiger partial charge in [-0.15, -0.1) is 11.1 Å². The van der Waals surface area contributed by atoms with E-state index in [1.165, 1.54) is 10.8 Å². The normalized spacial score (nSPS) is 12.3. The highest BCUT2D eigenvalue weighted by atomic mass is 28.3. The third kappa shape index (κ3) is 6.05. The van der Waals surface area contributed by atoms with Gasteiger partial charge >= 0.3 is 0 Å². The highest BCUT2D eigenvalue weighted by molar-refractivity contribution is 6.91. The fourth-order valence-electron chi connectivity index (χ4n) is 9.37. The Kier molecular flexibility index (Phi) is 10.4. The Hall–Kier alpha value is -4.33. The van der Waals surface area contributed by atoms with Crippen LogP contribution in [0.25, 0.3) is 43.1 Å². The number of hydrogen-bond donors (Lipinski definition) is 0. The van der Waals surface area contributed by atoms with Crippen LogP contribution in [0.2, 0.25) is 33.2 Å². The van der Waals surface area contributed by atoms with Crippen LogP contribution in [0.1, 0.15) is 105 Å². The van der Waals surface area contributed by atoms with Gasteiger partial charge in [0.15, 0.2) is 0 Å². The number of benzene rings is 5. The van der Waals surface area contributed by atoms with Crippen LogP contribution >= 0.6 is 0 Å². The highest BCUT2D eigenvalue weighted by Gasteiger charge is 2.43. The van der Waals surface area contributed by atoms with E-state index in [1.54, 1.807) is 0 Å². The largest absolute Gasteiger partial charge is 0.192 e. The number of nitriles is 2. The average Bonchev–Trinajstić information content (AvgIpc) is 3.06. The topological polar surface area (TPSA) is 47.6 Å². The zero-order chi connectivity index (χ0) is 36.7. The van der Waals surface area contributed by atoms with Gasteiger partial charge in [-0.1, -0.05) is 119 Å². The molecule has 2 nitrogen and oxygen atoms in total. The molecule has 0 spiro atoms. The van der Waals surface area contributed by atoms with Crippen molar-refractivity contribution in [3.05, 3.63) is 82.9 Å². The lowest BCUT2D eigenvalue weighted by Gasteiger charge is -2.38. The van der Waals surface area contributed by atoms with Crippen LogP contribution < -0.4 is 0 Å². The van der Waals surface area contributed by atoms with E-state index in [1.807, 2.05) is 12.1 Å². The Bertz CT molecular complexity index is 2130. The summed E-state index contributed by atoms with van der Waals surface area (Å²) >= 11 is 0. The van der Waals surface area contributed by atoms with Gasteiger partial charge in [-0.05, 0) is 113 Å². The average molecular weight is 689 g/mol. The van der Waals surface area contributed by atoms with E-state index in [2.05, 4.69) is 167 Å². The third-order valence-electron chi connectivity index (χ3n) is 11.9. The molecule has 0 bridgehead atoms. The van der Waals surface area contributed by atoms with Crippen LogP contribution in [0.5, 0.6) is 0 Å². The molecule has 0 unspecified atom stereocenters. The van der Waals surface area contributed by atoms with Gasteiger partial charge in [0.25, 0.3) is 0 Å². The standard InChI is InChI=1S/C46H52N2Si2/c1-29(2)49(30(3)4,31(5)6)19-17-41-43-23-35-15-13-14-16-36(35)24-44(43)42(18-20-50(32(7)8,33(9)10)34(11)12)46-26-38-22-40(28-48)39(27-47)21-37(38)25-45(41)46/h13-16,21-26,29-34H,1-12H3. The minimum Gasteiger partial charge on any atom is -0.192 e. The molecule has 0 aliphatic rings. The van der Waals surface area contributed by atoms with Gasteiger partial charge in [0.2, 0.25) is 0 Å². The Morgan fingerprint density at radius 1 is 0.420 bits per heavy atom. The smallest absolute Gasteiger partial charge is 0.146 e. The summed E-state index contributed by atoms with van der Waals surface area (Å²) in [7, 11) is -4.15. The van der Waals surface area contributed by atoms with E-state index in [0.717, 1.165) is 43.4 Å². The molecule has 4 heteroatoms. The van der Waals surface area contributed by atoms with Crippen molar-refractivity contribution < 1.29 is 0 Å². The molecular weight excluding hydrogens is 637 g/mol. The minimum atomic E-state index is -2.07. The summed E-state index contributed by atoms with van der Waals surface area (Å²) < 4.78 is 0. The maximum absolute atomic E-state index is 9.94. The first-order valence-corrected chi connectivity index (χ1v) is 22.9. The lowest BCUT2D eigenvalue weighted by Crippen LogP contribution is -2.43. The third-order valence-corrected chi connectivity index (χ3v) is 24.4. The first kappa shape index (κ1) is 36.9. The molecule has 0 aliphatic heterocycles. The fraction of sp³-hybridized carbons (Fsp3) is 0.391. The molecule has 0 saturated heterocycles. The molecule has 5 aromatic rings. The van der Waals surface area contributed by atoms with Crippen molar-refractivity contribution in [3.8, 4) is 35.1 Å². The molecule has 5 aromatic carbocycles. The summed E-state index contributed by atoms with van der Waals surface area (Å²) in [6.45, 7) is 28.3. The molecule has 0 aliphatic carbocycles. The van der Waals surface area contributed by atoms with E-state index < -0.39 is 16.1 Å². The molecule has 254 valence electrons. The van der Waals surface area contributed by atoms with Crippen LogP contribution in [-0.4, -0.2) is 16.1 Å². The van der Waals surface area contributed by atoms with Crippen molar-refractivity contribution in [3.63, 3.8) is 0 Å². The summed E-state index contributed by atoms with van der Waals surface area (Å²) in [6.07, 6.45) is 0. The number of nitrogens with zero attached hydrogens (tertiary/aromatic N) is 2. The van der Waals surface area contributed by atoms with Crippen molar-refractivity contribution in [2.24, 2.45) is 0 Å². The summed E-state index contributed by atoms with van der Waals surface area (Å²) in [6, 6.07) is 25.9. The maximum atomic E-state index is 9.94. The van der Waals surface area contributed by atoms with Crippen LogP contribution in [0.4, 0.5) is 0 Å². The minimum absolute atomic E-state index is 0.395. The summed E-state index contributed by atoms with van der Waals surface area (Å²) in [5, 5.41) is 28.5. The molecule has 0 amide bonds. The Morgan fingerprint density at radius 2 is 0.700 bits per heavy atom. The van der Waals surface area contributed by atoms with E-state index in [9.17, 15) is 10.5 Å². The Balaban J connectivity index is 2.08. The fourth-order valence-corrected chi connectivity index (χ4v) is 19.8. The van der Waals surface area contributed by atoms with Gasteiger partial charge in [0.1, 0.15) is 28.3 Å². The second-order valence-electron chi connectivity index (χ2n) is 16.2. The summed E-state index contributed by atoms with van der Waals surface area (Å²) in [5.74, 6) is 7.81. The predicted octanol–water partition coefficient (Wildman–Crippen LogP) is 13.2. The number of fused-ring (bicyclic) bond motifs is 4. The molecule has 0 fully saturated rings. The van der Waals surface area contributed by atoms with Gasteiger partial charge in [-0.3, -0.25) is 0 Å². The summed E-state index contributed by atoms with van der Waals surface area (Å²) in [4.78, 5) is 0. The van der Waals surface area contributed by atoms with Gasteiger partial charge < -0.3 is 0 Å². The molecule has 0 saturated carbocycles. The van der Waals surface area contributed by atoms with Crippen LogP contribution in [0.3, 0.4) is 0 Å². The first-order valence-electron chi connectivity index (χ1n) is 18.4. The highest BCUT2D eigenvalue weighted by Crippen LogP contribution is 2.44. The Labute approximate surface area is 302 Å².